The van der Waals surface area contributed by atoms with Crippen molar-refractivity contribution in [2.45, 2.75) is 271 Å². The first-order valence-electron chi connectivity index (χ1n) is 31.3. The fraction of sp³-hybridized carbons (Fsp3) is 0.620. The second-order valence-electron chi connectivity index (χ2n) is 20.2. The van der Waals surface area contributed by atoms with Crippen molar-refractivity contribution in [3.05, 3.63) is 146 Å². The van der Waals surface area contributed by atoms with E-state index in [4.69, 9.17) is 14.2 Å². The summed E-state index contributed by atoms with van der Waals surface area (Å²) >= 11 is 0. The van der Waals surface area contributed by atoms with Crippen LogP contribution < -0.4 is 0 Å². The highest BCUT2D eigenvalue weighted by atomic mass is 16.6. The highest BCUT2D eigenvalue weighted by molar-refractivity contribution is 5.71. The van der Waals surface area contributed by atoms with Crippen molar-refractivity contribution in [3.8, 4) is 0 Å². The van der Waals surface area contributed by atoms with Crippen molar-refractivity contribution in [2.75, 3.05) is 13.2 Å². The Labute approximate surface area is 474 Å². The molecule has 6 heteroatoms. The Morgan fingerprint density at radius 2 is 0.519 bits per heavy atom. The SMILES string of the molecule is CC/C=C\C/C=C\C/C=C\C/C=C\C/C=C\C/C=C\C/C=C\C/C=C\CCCCCCC(=O)OCC(COC(=O)CCCCCCC/C=C\CCCC)OC(=O)CCCCCCCC/C=C\C/C=C\C/C=C\CCCCC. The van der Waals surface area contributed by atoms with E-state index < -0.39 is 6.10 Å². The molecule has 0 fully saturated rings. The van der Waals surface area contributed by atoms with Crippen LogP contribution in [-0.4, -0.2) is 37.2 Å². The van der Waals surface area contributed by atoms with Crippen molar-refractivity contribution in [2.24, 2.45) is 0 Å². The van der Waals surface area contributed by atoms with Crippen LogP contribution in [0.1, 0.15) is 265 Å². The fourth-order valence-electron chi connectivity index (χ4n) is 8.09. The maximum absolute atomic E-state index is 12.9. The Balaban J connectivity index is 4.39. The smallest absolute Gasteiger partial charge is 0.306 e. The molecule has 0 aliphatic heterocycles. The molecule has 0 aromatic heterocycles. The first-order valence-corrected chi connectivity index (χ1v) is 31.3. The van der Waals surface area contributed by atoms with E-state index in [1.807, 2.05) is 0 Å². The minimum absolute atomic E-state index is 0.101. The quantitative estimate of drug-likeness (QED) is 0.0261. The first kappa shape index (κ1) is 72.3. The summed E-state index contributed by atoms with van der Waals surface area (Å²) in [5, 5.41) is 0. The van der Waals surface area contributed by atoms with Gasteiger partial charge in [-0.15, -0.1) is 0 Å². The lowest BCUT2D eigenvalue weighted by molar-refractivity contribution is -0.167. The summed E-state index contributed by atoms with van der Waals surface area (Å²) in [4.78, 5) is 38.2. The molecule has 6 nitrogen and oxygen atoms in total. The molecule has 0 saturated carbocycles. The number of carbonyl (C=O) groups excluding carboxylic acids is 3. The number of esters is 3. The average molecular weight is 1060 g/mol. The molecule has 0 N–H and O–H groups in total. The Morgan fingerprint density at radius 1 is 0.273 bits per heavy atom. The number of rotatable bonds is 55. The number of hydrogen-bond donors (Lipinski definition) is 0. The summed E-state index contributed by atoms with van der Waals surface area (Å²) in [6.07, 6.45) is 91.3. The molecule has 0 aliphatic carbocycles. The van der Waals surface area contributed by atoms with Crippen LogP contribution in [0, 0.1) is 0 Å². The zero-order valence-corrected chi connectivity index (χ0v) is 49.7. The van der Waals surface area contributed by atoms with Crippen LogP contribution in [0.25, 0.3) is 0 Å². The molecule has 0 aliphatic rings. The lowest BCUT2D eigenvalue weighted by Crippen LogP contribution is -2.30. The van der Waals surface area contributed by atoms with E-state index >= 15 is 0 Å². The number of hydrogen-bond acceptors (Lipinski definition) is 6. The van der Waals surface area contributed by atoms with Crippen molar-refractivity contribution in [3.63, 3.8) is 0 Å². The Hall–Kier alpha value is -4.71. The number of unbranched alkanes of at least 4 members (excludes halogenated alkanes) is 20. The maximum atomic E-state index is 12.9. The van der Waals surface area contributed by atoms with Gasteiger partial charge in [0.25, 0.3) is 0 Å². The molecule has 434 valence electrons. The minimum Gasteiger partial charge on any atom is -0.462 e. The van der Waals surface area contributed by atoms with Crippen molar-refractivity contribution >= 4 is 17.9 Å². The van der Waals surface area contributed by atoms with Gasteiger partial charge in [0, 0.05) is 19.3 Å². The topological polar surface area (TPSA) is 78.9 Å². The van der Waals surface area contributed by atoms with Crippen LogP contribution in [0.15, 0.2) is 146 Å². The summed E-state index contributed by atoms with van der Waals surface area (Å²) in [5.74, 6) is -0.952. The molecule has 0 rings (SSSR count). The number of allylic oxidation sites excluding steroid dienone is 24. The standard InChI is InChI=1S/C71H114O6/c1-4-7-10-13-16-19-22-24-26-28-30-31-32-33-34-35-36-37-38-39-41-42-44-46-49-52-55-58-61-64-70(73)76-67-68(66-75-69(72)63-60-57-54-51-48-21-18-15-12-9-6-3)77-71(74)65-62-59-56-53-50-47-45-43-40-29-27-25-23-20-17-14-11-8-5-2/h7,10,15-20,24-27,30-31,33-34,36-37,39-41,43-44,46,68H,4-6,8-9,11-14,21-23,28-29,32,35,38,42,45,47-67H2,1-3H3/b10-7-,18-15-,19-16-,20-17-,26-24-,27-25-,31-30-,34-33-,37-36-,41-39-,43-40-,46-44-. The molecule has 0 spiro atoms. The van der Waals surface area contributed by atoms with Gasteiger partial charge in [0.05, 0.1) is 0 Å². The van der Waals surface area contributed by atoms with E-state index in [2.05, 4.69) is 167 Å². The van der Waals surface area contributed by atoms with Crippen LogP contribution in [-0.2, 0) is 28.6 Å². The largest absolute Gasteiger partial charge is 0.462 e. The van der Waals surface area contributed by atoms with Crippen LogP contribution in [0.3, 0.4) is 0 Å². The zero-order chi connectivity index (χ0) is 55.7. The van der Waals surface area contributed by atoms with E-state index in [1.165, 1.54) is 64.2 Å². The van der Waals surface area contributed by atoms with E-state index in [1.54, 1.807) is 0 Å². The average Bonchev–Trinajstić information content (AvgIpc) is 3.43. The molecule has 0 bridgehead atoms. The van der Waals surface area contributed by atoms with Crippen molar-refractivity contribution in [1.82, 2.24) is 0 Å². The van der Waals surface area contributed by atoms with Crippen LogP contribution in [0.2, 0.25) is 0 Å². The molecule has 77 heavy (non-hydrogen) atoms. The van der Waals surface area contributed by atoms with Gasteiger partial charge >= 0.3 is 17.9 Å². The van der Waals surface area contributed by atoms with Gasteiger partial charge in [-0.05, 0) is 141 Å². The van der Waals surface area contributed by atoms with Crippen molar-refractivity contribution < 1.29 is 28.6 Å². The molecule has 0 saturated heterocycles. The van der Waals surface area contributed by atoms with Gasteiger partial charge in [-0.1, -0.05) is 250 Å². The number of carbonyl (C=O) groups is 3. The molecule has 1 atom stereocenters. The van der Waals surface area contributed by atoms with E-state index in [0.717, 1.165) is 161 Å². The highest BCUT2D eigenvalue weighted by Gasteiger charge is 2.19. The molecular weight excluding hydrogens is 949 g/mol. The summed E-state index contributed by atoms with van der Waals surface area (Å²) in [6.45, 7) is 6.41. The summed E-state index contributed by atoms with van der Waals surface area (Å²) in [5.41, 5.74) is 0. The molecule has 0 amide bonds. The van der Waals surface area contributed by atoms with Gasteiger partial charge in [0.15, 0.2) is 6.10 Å². The predicted molar refractivity (Wildman–Crippen MR) is 334 cm³/mol. The lowest BCUT2D eigenvalue weighted by Gasteiger charge is -2.18. The van der Waals surface area contributed by atoms with Crippen molar-refractivity contribution in [1.29, 1.82) is 0 Å². The second-order valence-corrected chi connectivity index (χ2v) is 20.2. The number of ether oxygens (including phenoxy) is 3. The Kier molecular flexibility index (Phi) is 59.9. The van der Waals surface area contributed by atoms with Crippen LogP contribution in [0.4, 0.5) is 0 Å². The van der Waals surface area contributed by atoms with E-state index in [9.17, 15) is 14.4 Å². The third kappa shape index (κ3) is 62.0. The highest BCUT2D eigenvalue weighted by Crippen LogP contribution is 2.14. The monoisotopic (exact) mass is 1060 g/mol. The summed E-state index contributed by atoms with van der Waals surface area (Å²) in [7, 11) is 0. The second kappa shape index (κ2) is 63.8. The molecule has 0 aromatic carbocycles. The molecule has 0 radical (unpaired) electrons. The van der Waals surface area contributed by atoms with Gasteiger partial charge in [-0.25, -0.2) is 0 Å². The Bertz CT molecular complexity index is 1700. The van der Waals surface area contributed by atoms with Gasteiger partial charge < -0.3 is 14.2 Å². The van der Waals surface area contributed by atoms with Gasteiger partial charge in [-0.3, -0.25) is 14.4 Å². The lowest BCUT2D eigenvalue weighted by atomic mass is 10.1. The first-order chi connectivity index (χ1) is 38.0. The molecular formula is C71H114O6. The van der Waals surface area contributed by atoms with E-state index in [0.29, 0.717) is 19.3 Å². The van der Waals surface area contributed by atoms with Crippen LogP contribution >= 0.6 is 0 Å². The van der Waals surface area contributed by atoms with Crippen LogP contribution in [0.5, 0.6) is 0 Å². The van der Waals surface area contributed by atoms with E-state index in [-0.39, 0.29) is 31.1 Å². The minimum atomic E-state index is -0.806. The third-order valence-electron chi connectivity index (χ3n) is 12.8. The predicted octanol–water partition coefficient (Wildman–Crippen LogP) is 21.5. The third-order valence-corrected chi connectivity index (χ3v) is 12.8. The summed E-state index contributed by atoms with van der Waals surface area (Å²) < 4.78 is 16.8. The van der Waals surface area contributed by atoms with Gasteiger partial charge in [0.1, 0.15) is 13.2 Å². The van der Waals surface area contributed by atoms with Gasteiger partial charge in [-0.2, -0.15) is 0 Å². The normalized spacial score (nSPS) is 13.1. The van der Waals surface area contributed by atoms with Gasteiger partial charge in [0.2, 0.25) is 0 Å². The Morgan fingerprint density at radius 3 is 0.844 bits per heavy atom. The molecule has 1 unspecified atom stereocenters. The maximum Gasteiger partial charge on any atom is 0.306 e. The molecule has 0 aromatic rings. The fourth-order valence-corrected chi connectivity index (χ4v) is 8.09. The summed E-state index contributed by atoms with van der Waals surface area (Å²) in [6, 6.07) is 0. The molecule has 0 heterocycles. The zero-order valence-electron chi connectivity index (χ0n) is 49.7.